The molecule has 0 saturated carbocycles. The van der Waals surface area contributed by atoms with Crippen LogP contribution < -0.4 is 5.32 Å². The van der Waals surface area contributed by atoms with Crippen molar-refractivity contribution in [2.75, 3.05) is 26.4 Å². The average molecular weight is 414 g/mol. The quantitative estimate of drug-likeness (QED) is 0.352. The molecule has 1 N–H and O–H groups in total. The van der Waals surface area contributed by atoms with Gasteiger partial charge in [-0.05, 0) is 56.5 Å². The fraction of sp³-hybridized carbons (Fsp3) is 0.435. The number of nitrogens with one attached hydrogen (secondary N) is 1. The van der Waals surface area contributed by atoms with Crippen LogP contribution >= 0.6 is 0 Å². The van der Waals surface area contributed by atoms with Crippen molar-refractivity contribution in [3.63, 3.8) is 0 Å². The summed E-state index contributed by atoms with van der Waals surface area (Å²) < 4.78 is 17.7. The third-order valence-electron chi connectivity index (χ3n) is 5.05. The molecule has 29 heavy (non-hydrogen) atoms. The summed E-state index contributed by atoms with van der Waals surface area (Å²) >= 11 is 0. The van der Waals surface area contributed by atoms with Crippen molar-refractivity contribution >= 4 is 14.6 Å². The van der Waals surface area contributed by atoms with Gasteiger partial charge in [0.25, 0.3) is 0 Å². The van der Waals surface area contributed by atoms with Crippen LogP contribution in [0.15, 0.2) is 42.5 Å². The van der Waals surface area contributed by atoms with Gasteiger partial charge in [0.1, 0.15) is 0 Å². The van der Waals surface area contributed by atoms with E-state index in [4.69, 9.17) is 13.3 Å². The van der Waals surface area contributed by atoms with Crippen molar-refractivity contribution < 1.29 is 18.1 Å². The lowest BCUT2D eigenvalue weighted by Crippen LogP contribution is -2.46. The van der Waals surface area contributed by atoms with E-state index in [0.29, 0.717) is 19.8 Å². The molecular weight excluding hydrogens is 382 g/mol. The molecule has 0 radical (unpaired) electrons. The largest absolute Gasteiger partial charge is 0.500 e. The van der Waals surface area contributed by atoms with Gasteiger partial charge in [-0.2, -0.15) is 0 Å². The van der Waals surface area contributed by atoms with Crippen molar-refractivity contribution in [3.8, 4) is 11.1 Å². The van der Waals surface area contributed by atoms with E-state index in [9.17, 15) is 4.79 Å². The number of fused-ring (bicyclic) bond motifs is 3. The van der Waals surface area contributed by atoms with Crippen LogP contribution in [0.4, 0.5) is 0 Å². The fourth-order valence-corrected chi connectivity index (χ4v) is 6.46. The van der Waals surface area contributed by atoms with Gasteiger partial charge in [0.15, 0.2) is 5.78 Å². The Hall–Kier alpha value is -1.83. The van der Waals surface area contributed by atoms with Crippen LogP contribution in [0.3, 0.4) is 0 Å². The van der Waals surface area contributed by atoms with E-state index in [1.165, 1.54) is 0 Å². The molecule has 2 aromatic rings. The number of carbonyl (C=O) groups is 1. The lowest BCUT2D eigenvalue weighted by atomic mass is 10.0. The first-order valence-electron chi connectivity index (χ1n) is 10.5. The molecule has 6 heteroatoms. The number of hydrogen-bond acceptors (Lipinski definition) is 5. The van der Waals surface area contributed by atoms with Gasteiger partial charge in [0.2, 0.25) is 0 Å². The van der Waals surface area contributed by atoms with Crippen molar-refractivity contribution in [2.45, 2.75) is 39.8 Å². The number of carbonyl (C=O) groups excluding carboxylic acids is 1. The average Bonchev–Trinajstić information content (AvgIpc) is 3.01. The molecule has 0 fully saturated rings. The molecule has 1 aliphatic rings. The zero-order chi connectivity index (χ0) is 20.7. The predicted molar refractivity (Wildman–Crippen MR) is 117 cm³/mol. The molecule has 0 aromatic heterocycles. The van der Waals surface area contributed by atoms with E-state index >= 15 is 0 Å². The number of ketones is 1. The van der Waals surface area contributed by atoms with Gasteiger partial charge in [-0.15, -0.1) is 0 Å². The number of hydrogen-bond donors (Lipinski definition) is 1. The van der Waals surface area contributed by atoms with Crippen LogP contribution in [0.5, 0.6) is 0 Å². The maximum Gasteiger partial charge on any atom is 0.500 e. The van der Waals surface area contributed by atoms with Crippen LogP contribution in [0.25, 0.3) is 11.1 Å². The Bertz CT molecular complexity index is 822. The summed E-state index contributed by atoms with van der Waals surface area (Å²) in [6.07, 6.45) is 0.918. The molecule has 0 bridgehead atoms. The normalized spacial score (nSPS) is 12.9. The summed E-state index contributed by atoms with van der Waals surface area (Å²) in [5, 5.41) is 3.47. The Morgan fingerprint density at radius 1 is 0.828 bits per heavy atom. The summed E-state index contributed by atoms with van der Waals surface area (Å²) in [6.45, 7) is 9.31. The molecule has 0 amide bonds. The first-order chi connectivity index (χ1) is 14.1. The topological polar surface area (TPSA) is 56.8 Å². The van der Waals surface area contributed by atoms with Crippen LogP contribution in [0.2, 0.25) is 6.04 Å². The Kier molecular flexibility index (Phi) is 7.75. The molecular formula is C23H31NO4Si. The van der Waals surface area contributed by atoms with Crippen LogP contribution in [0.1, 0.15) is 48.7 Å². The smallest absolute Gasteiger partial charge is 0.374 e. The van der Waals surface area contributed by atoms with Crippen LogP contribution in [-0.4, -0.2) is 41.0 Å². The Balaban J connectivity index is 1.53. The van der Waals surface area contributed by atoms with Crippen molar-refractivity contribution in [2.24, 2.45) is 0 Å². The summed E-state index contributed by atoms with van der Waals surface area (Å²) in [6, 6.07) is 14.8. The van der Waals surface area contributed by atoms with Gasteiger partial charge in [-0.25, -0.2) is 0 Å². The lowest BCUT2D eigenvalue weighted by molar-refractivity contribution is 0.0708. The monoisotopic (exact) mass is 413 g/mol. The van der Waals surface area contributed by atoms with Crippen molar-refractivity contribution in [1.29, 1.82) is 0 Å². The highest BCUT2D eigenvalue weighted by atomic mass is 28.4. The van der Waals surface area contributed by atoms with Gasteiger partial charge in [-0.3, -0.25) is 4.79 Å². The summed E-state index contributed by atoms with van der Waals surface area (Å²) in [5.41, 5.74) is 4.80. The Labute approximate surface area is 174 Å². The standard InChI is InChI=1S/C23H31NO4Si/c1-4-26-29(27-5-2,28-6-3)15-9-14-24-17-18-12-13-20-19-10-7-8-11-21(19)23(25)22(20)16-18/h7-8,10-13,16,24H,4-6,9,14-15,17H2,1-3H3. The molecule has 5 nitrogen and oxygen atoms in total. The van der Waals surface area contributed by atoms with E-state index in [0.717, 1.165) is 53.4 Å². The first kappa shape index (κ1) is 21.9. The van der Waals surface area contributed by atoms with E-state index in [-0.39, 0.29) is 5.78 Å². The second-order valence-electron chi connectivity index (χ2n) is 7.02. The third kappa shape index (κ3) is 5.02. The Morgan fingerprint density at radius 3 is 2.10 bits per heavy atom. The lowest BCUT2D eigenvalue weighted by Gasteiger charge is -2.28. The molecule has 0 spiro atoms. The second-order valence-corrected chi connectivity index (χ2v) is 9.75. The summed E-state index contributed by atoms with van der Waals surface area (Å²) in [7, 11) is -2.57. The minimum atomic E-state index is -2.57. The minimum Gasteiger partial charge on any atom is -0.374 e. The maximum absolute atomic E-state index is 12.7. The molecule has 2 aromatic carbocycles. The van der Waals surface area contributed by atoms with E-state index in [2.05, 4.69) is 17.4 Å². The highest BCUT2D eigenvalue weighted by Crippen LogP contribution is 2.36. The van der Waals surface area contributed by atoms with Gasteiger partial charge >= 0.3 is 8.80 Å². The van der Waals surface area contributed by atoms with Crippen LogP contribution in [0, 0.1) is 0 Å². The van der Waals surface area contributed by atoms with Crippen LogP contribution in [-0.2, 0) is 19.8 Å². The molecule has 0 atom stereocenters. The van der Waals surface area contributed by atoms with Gasteiger partial charge in [0, 0.05) is 43.5 Å². The molecule has 156 valence electrons. The van der Waals surface area contributed by atoms with Gasteiger partial charge in [-0.1, -0.05) is 36.4 Å². The molecule has 0 unspecified atom stereocenters. The third-order valence-corrected chi connectivity index (χ3v) is 8.20. The highest BCUT2D eigenvalue weighted by Gasteiger charge is 2.39. The zero-order valence-electron chi connectivity index (χ0n) is 17.6. The predicted octanol–water partition coefficient (Wildman–Crippen LogP) is 4.43. The first-order valence-corrected chi connectivity index (χ1v) is 12.5. The highest BCUT2D eigenvalue weighted by molar-refractivity contribution is 6.60. The van der Waals surface area contributed by atoms with E-state index < -0.39 is 8.80 Å². The maximum atomic E-state index is 12.7. The SMILES string of the molecule is CCO[Si](CCCNCc1ccc2c(c1)C(=O)c1ccccc1-2)(OCC)OCC. The van der Waals surface area contributed by atoms with E-state index in [1.807, 2.05) is 51.1 Å². The van der Waals surface area contributed by atoms with Crippen molar-refractivity contribution in [3.05, 3.63) is 59.2 Å². The molecule has 0 aliphatic heterocycles. The number of rotatable bonds is 12. The summed E-state index contributed by atoms with van der Waals surface area (Å²) in [4.78, 5) is 12.7. The number of benzene rings is 2. The molecule has 0 saturated heterocycles. The van der Waals surface area contributed by atoms with E-state index in [1.54, 1.807) is 0 Å². The fourth-order valence-electron chi connectivity index (χ4n) is 3.85. The van der Waals surface area contributed by atoms with Crippen molar-refractivity contribution in [1.82, 2.24) is 5.32 Å². The second kappa shape index (κ2) is 10.3. The molecule has 0 heterocycles. The molecule has 3 rings (SSSR count). The minimum absolute atomic E-state index is 0.123. The van der Waals surface area contributed by atoms with Gasteiger partial charge < -0.3 is 18.6 Å². The van der Waals surface area contributed by atoms with Gasteiger partial charge in [0.05, 0.1) is 0 Å². The Morgan fingerprint density at radius 2 is 1.45 bits per heavy atom. The summed E-state index contributed by atoms with van der Waals surface area (Å²) in [5.74, 6) is 0.123. The zero-order valence-corrected chi connectivity index (χ0v) is 18.6. The molecule has 1 aliphatic carbocycles.